The van der Waals surface area contributed by atoms with E-state index in [1.165, 1.54) is 0 Å². The number of hydrogen-bond acceptors (Lipinski definition) is 7. The van der Waals surface area contributed by atoms with Crippen LogP contribution in [-0.4, -0.2) is 84.8 Å². The van der Waals surface area contributed by atoms with E-state index in [0.29, 0.717) is 17.2 Å². The van der Waals surface area contributed by atoms with Crippen molar-refractivity contribution in [2.45, 2.75) is 37.8 Å². The second-order valence-electron chi connectivity index (χ2n) is 8.68. The van der Waals surface area contributed by atoms with Gasteiger partial charge in [0.05, 0.1) is 11.1 Å². The number of carbonyl (C=O) groups is 4. The summed E-state index contributed by atoms with van der Waals surface area (Å²) in [6.07, 6.45) is 2.44. The zero-order valence-electron chi connectivity index (χ0n) is 18.7. The molecule has 4 heterocycles. The quantitative estimate of drug-likeness (QED) is 0.563. The summed E-state index contributed by atoms with van der Waals surface area (Å²) >= 11 is 0. The number of nitrogens with one attached hydrogen (secondary N) is 2. The molecule has 9 nitrogen and oxygen atoms in total. The highest BCUT2D eigenvalue weighted by atomic mass is 35.5. The molecule has 3 saturated heterocycles. The van der Waals surface area contributed by atoms with Crippen molar-refractivity contribution in [1.29, 1.82) is 0 Å². The Labute approximate surface area is 217 Å². The zero-order chi connectivity index (χ0) is 21.5. The Balaban J connectivity index is 0.00000136. The maximum atomic E-state index is 13.0. The normalized spacial score (nSPS) is 23.5. The van der Waals surface area contributed by atoms with Crippen LogP contribution in [-0.2, 0) is 9.59 Å². The molecular weight excluding hydrogens is 505 g/mol. The van der Waals surface area contributed by atoms with Crippen LogP contribution in [0, 0.1) is 0 Å². The van der Waals surface area contributed by atoms with E-state index in [2.05, 4.69) is 20.4 Å². The third-order valence-corrected chi connectivity index (χ3v) is 6.92. The number of nitrogens with zero attached hydrogens (tertiary/aromatic N) is 3. The Morgan fingerprint density at radius 2 is 1.44 bits per heavy atom. The molecule has 0 aliphatic carbocycles. The van der Waals surface area contributed by atoms with Gasteiger partial charge in [0.15, 0.2) is 0 Å². The second kappa shape index (κ2) is 11.7. The van der Waals surface area contributed by atoms with Crippen LogP contribution in [0.3, 0.4) is 0 Å². The van der Waals surface area contributed by atoms with Gasteiger partial charge in [0.25, 0.3) is 11.8 Å². The number of fused-ring (bicyclic) bond motifs is 1. The van der Waals surface area contributed by atoms with E-state index in [1.54, 1.807) is 12.1 Å². The van der Waals surface area contributed by atoms with Gasteiger partial charge in [-0.25, -0.2) is 0 Å². The molecule has 0 bridgehead atoms. The molecule has 1 unspecified atom stereocenters. The molecule has 0 aromatic heterocycles. The van der Waals surface area contributed by atoms with E-state index in [-0.39, 0.29) is 56.0 Å². The molecule has 4 aliphatic rings. The average molecular weight is 535 g/mol. The van der Waals surface area contributed by atoms with E-state index < -0.39 is 23.8 Å². The van der Waals surface area contributed by atoms with Crippen molar-refractivity contribution >= 4 is 66.5 Å². The van der Waals surface area contributed by atoms with E-state index in [4.69, 9.17) is 0 Å². The van der Waals surface area contributed by atoms with Crippen molar-refractivity contribution in [2.75, 3.05) is 44.2 Å². The molecule has 4 aliphatic heterocycles. The number of carbonyl (C=O) groups excluding carboxylic acids is 4. The summed E-state index contributed by atoms with van der Waals surface area (Å²) in [5, 5.41) is 5.62. The fraction of sp³-hybridized carbons (Fsp3) is 0.545. The minimum atomic E-state index is -0.927. The topological polar surface area (TPSA) is 102 Å². The Hall–Kier alpha value is -1.91. The van der Waals surface area contributed by atoms with Crippen LogP contribution in [0.2, 0.25) is 0 Å². The summed E-state index contributed by atoms with van der Waals surface area (Å²) in [6.45, 7) is 6.10. The number of amides is 4. The maximum absolute atomic E-state index is 13.0. The monoisotopic (exact) mass is 533 g/mol. The number of anilines is 1. The summed E-state index contributed by atoms with van der Waals surface area (Å²) in [7, 11) is 0. The van der Waals surface area contributed by atoms with Gasteiger partial charge in [0.2, 0.25) is 11.8 Å². The summed E-state index contributed by atoms with van der Waals surface area (Å²) in [5.74, 6) is -1.86. The fourth-order valence-electron chi connectivity index (χ4n) is 5.19. The lowest BCUT2D eigenvalue weighted by atomic mass is 10.0. The standard InChI is InChI=1S/C22H27N5O4.3ClH/c28-19-4-3-18(20(29)24-19)27-21(30)16-2-1-15(13-17(16)22(27)31)25-9-5-14(6-10-25)26-11-7-23-8-12-26;;;/h1-2,13-14,18,23H,3-12H2,(H,24,28,29);3*1H. The highest BCUT2D eigenvalue weighted by Gasteiger charge is 2.44. The second-order valence-corrected chi connectivity index (χ2v) is 8.68. The molecule has 1 atom stereocenters. The minimum absolute atomic E-state index is 0. The van der Waals surface area contributed by atoms with Gasteiger partial charge >= 0.3 is 0 Å². The lowest BCUT2D eigenvalue weighted by Gasteiger charge is -2.41. The molecule has 5 rings (SSSR count). The molecule has 0 radical (unpaired) electrons. The van der Waals surface area contributed by atoms with Crippen molar-refractivity contribution in [3.63, 3.8) is 0 Å². The number of halogens is 3. The highest BCUT2D eigenvalue weighted by Crippen LogP contribution is 2.32. The molecule has 188 valence electrons. The molecule has 12 heteroatoms. The maximum Gasteiger partial charge on any atom is 0.262 e. The lowest BCUT2D eigenvalue weighted by Crippen LogP contribution is -2.54. The highest BCUT2D eigenvalue weighted by molar-refractivity contribution is 6.23. The molecule has 0 spiro atoms. The number of hydrogen-bond donors (Lipinski definition) is 2. The van der Waals surface area contributed by atoms with Gasteiger partial charge in [-0.15, -0.1) is 37.2 Å². The van der Waals surface area contributed by atoms with Crippen LogP contribution in [0.4, 0.5) is 5.69 Å². The van der Waals surface area contributed by atoms with Crippen LogP contribution in [0.25, 0.3) is 0 Å². The summed E-state index contributed by atoms with van der Waals surface area (Å²) in [4.78, 5) is 55.4. The van der Waals surface area contributed by atoms with Crippen molar-refractivity contribution in [1.82, 2.24) is 20.4 Å². The van der Waals surface area contributed by atoms with Gasteiger partial charge in [-0.05, 0) is 37.5 Å². The van der Waals surface area contributed by atoms with Crippen LogP contribution in [0.5, 0.6) is 0 Å². The van der Waals surface area contributed by atoms with Gasteiger partial charge in [0.1, 0.15) is 6.04 Å². The Morgan fingerprint density at radius 3 is 2.09 bits per heavy atom. The lowest BCUT2D eigenvalue weighted by molar-refractivity contribution is -0.136. The van der Waals surface area contributed by atoms with Crippen molar-refractivity contribution in [3.8, 4) is 0 Å². The van der Waals surface area contributed by atoms with E-state index in [9.17, 15) is 19.2 Å². The molecular formula is C22H30Cl3N5O4. The minimum Gasteiger partial charge on any atom is -0.371 e. The van der Waals surface area contributed by atoms with Gasteiger partial charge in [-0.3, -0.25) is 34.3 Å². The number of rotatable bonds is 3. The van der Waals surface area contributed by atoms with E-state index >= 15 is 0 Å². The van der Waals surface area contributed by atoms with Crippen molar-refractivity contribution in [2.24, 2.45) is 0 Å². The molecule has 3 fully saturated rings. The molecule has 0 saturated carbocycles. The first-order valence-electron chi connectivity index (χ1n) is 11.1. The molecule has 2 N–H and O–H groups in total. The van der Waals surface area contributed by atoms with Crippen molar-refractivity contribution < 1.29 is 19.2 Å². The first kappa shape index (κ1) is 28.3. The van der Waals surface area contributed by atoms with Crippen molar-refractivity contribution in [3.05, 3.63) is 29.3 Å². The largest absolute Gasteiger partial charge is 0.371 e. The van der Waals surface area contributed by atoms with Gasteiger partial charge < -0.3 is 10.2 Å². The first-order valence-corrected chi connectivity index (χ1v) is 11.1. The number of benzene rings is 1. The van der Waals surface area contributed by atoms with Gasteiger partial charge in [-0.2, -0.15) is 0 Å². The summed E-state index contributed by atoms with van der Waals surface area (Å²) in [5.41, 5.74) is 1.61. The number of piperazine rings is 1. The SMILES string of the molecule is Cl.Cl.Cl.O=C1CCC(N2C(=O)c3ccc(N4CCC(N5CCNCC5)CC4)cc3C2=O)C(=O)N1. The van der Waals surface area contributed by atoms with Gasteiger partial charge in [-0.1, -0.05) is 0 Å². The number of imide groups is 2. The van der Waals surface area contributed by atoms with E-state index in [0.717, 1.165) is 62.7 Å². The Morgan fingerprint density at radius 1 is 0.794 bits per heavy atom. The average Bonchev–Trinajstić information content (AvgIpc) is 3.04. The molecule has 34 heavy (non-hydrogen) atoms. The van der Waals surface area contributed by atoms with Crippen LogP contribution in [0.1, 0.15) is 46.4 Å². The predicted octanol–water partition coefficient (Wildman–Crippen LogP) is 1.23. The molecule has 1 aromatic carbocycles. The Bertz CT molecular complexity index is 948. The third-order valence-electron chi connectivity index (χ3n) is 6.92. The zero-order valence-corrected chi connectivity index (χ0v) is 21.1. The van der Waals surface area contributed by atoms with Gasteiger partial charge in [0, 0.05) is 57.4 Å². The number of piperidine rings is 2. The van der Waals surface area contributed by atoms with Crippen LogP contribution >= 0.6 is 37.2 Å². The smallest absolute Gasteiger partial charge is 0.262 e. The molecule has 4 amide bonds. The summed E-state index contributed by atoms with van der Waals surface area (Å²) < 4.78 is 0. The fourth-order valence-corrected chi connectivity index (χ4v) is 5.19. The first-order chi connectivity index (χ1) is 15.0. The van der Waals surface area contributed by atoms with E-state index in [1.807, 2.05) is 6.07 Å². The molecule has 1 aromatic rings. The third kappa shape index (κ3) is 5.18. The van der Waals surface area contributed by atoms with Crippen LogP contribution < -0.4 is 15.5 Å². The predicted molar refractivity (Wildman–Crippen MR) is 135 cm³/mol. The summed E-state index contributed by atoms with van der Waals surface area (Å²) in [6, 6.07) is 5.04. The Kier molecular flexibility index (Phi) is 9.73. The van der Waals surface area contributed by atoms with Crippen LogP contribution in [0.15, 0.2) is 18.2 Å².